The third-order valence-electron chi connectivity index (χ3n) is 3.07. The number of hydrogen-bond donors (Lipinski definition) is 2. The van der Waals surface area contributed by atoms with Crippen LogP contribution in [0.3, 0.4) is 0 Å². The maximum absolute atomic E-state index is 11.9. The molecule has 1 aliphatic rings. The first-order valence-corrected chi connectivity index (χ1v) is 8.12. The van der Waals surface area contributed by atoms with Crippen molar-refractivity contribution in [1.82, 2.24) is 9.55 Å². The smallest absolute Gasteiger partial charge is 0.372 e. The molecule has 0 radical (unpaired) electrons. The molecule has 2 rings (SSSR count). The number of aliphatic hydroxyl groups excluding tert-OH is 1. The van der Waals surface area contributed by atoms with E-state index in [2.05, 4.69) is 17.2 Å². The highest BCUT2D eigenvalue weighted by atomic mass is 32.7. The molecule has 5 atom stereocenters. The van der Waals surface area contributed by atoms with Crippen LogP contribution in [-0.2, 0) is 30.8 Å². The molecule has 1 aromatic rings. The molecule has 1 fully saturated rings. The van der Waals surface area contributed by atoms with Crippen LogP contribution < -0.4 is 11.4 Å². The van der Waals surface area contributed by atoms with E-state index in [1.54, 1.807) is 0 Å². The van der Waals surface area contributed by atoms with Crippen LogP contribution in [-0.4, -0.2) is 46.7 Å². The monoisotopic (exact) mass is 335 g/mol. The highest BCUT2D eigenvalue weighted by Gasteiger charge is 2.49. The van der Waals surface area contributed by atoms with Gasteiger partial charge in [0.2, 0.25) is 0 Å². The summed E-state index contributed by atoms with van der Waals surface area (Å²) in [5.74, 6) is 0.0726. The highest BCUT2D eigenvalue weighted by Crippen LogP contribution is 2.37. The predicted molar refractivity (Wildman–Crippen MR) is 74.5 cm³/mol. The molecule has 1 saturated heterocycles. The first kappa shape index (κ1) is 16.3. The summed E-state index contributed by atoms with van der Waals surface area (Å²) in [6, 6.07) is 1.42. The van der Waals surface area contributed by atoms with Gasteiger partial charge in [0, 0.05) is 13.3 Å². The summed E-state index contributed by atoms with van der Waals surface area (Å²) in [4.78, 5) is 15.5. The number of hydrogen-bond acceptors (Lipinski definition) is 9. The number of nitrogens with two attached hydrogens (primary N) is 1. The van der Waals surface area contributed by atoms with Crippen LogP contribution in [0.2, 0.25) is 0 Å². The number of nitrogens with zero attached hydrogens (tertiary/aromatic N) is 2. The lowest BCUT2D eigenvalue weighted by Gasteiger charge is -2.20. The molecule has 5 unspecified atom stereocenters. The number of rotatable bonds is 5. The number of aromatic nitrogens is 2. The molecule has 0 bridgehead atoms. The first-order chi connectivity index (χ1) is 9.97. The number of nitrogen functional groups attached to an aromatic ring is 1. The quantitative estimate of drug-likeness (QED) is 0.531. The largest absolute Gasteiger partial charge is 0.408 e. The molecule has 21 heavy (non-hydrogen) atoms. The molecule has 9 nitrogen and oxygen atoms in total. The van der Waals surface area contributed by atoms with Crippen LogP contribution in [0, 0.1) is 0 Å². The predicted octanol–water partition coefficient (Wildman–Crippen LogP) is -0.680. The topological polar surface area (TPSA) is 126 Å². The Morgan fingerprint density at radius 1 is 1.62 bits per heavy atom. The van der Waals surface area contributed by atoms with Crippen LogP contribution in [0.25, 0.3) is 0 Å². The van der Waals surface area contributed by atoms with Crippen molar-refractivity contribution in [3.8, 4) is 0 Å². The standard InChI is InChI=1S/C10H14N3O6PS/c1-17-8-7(19-20(16)21)5(4-14)18-9(8)13-3-2-6(11)12-10(13)15/h2-3,5,7-9,14H,4H2,1H3,(H2,11,12,15). The van der Waals surface area contributed by atoms with E-state index in [4.69, 9.17) is 19.7 Å². The lowest BCUT2D eigenvalue weighted by atomic mass is 10.1. The molecule has 11 heteroatoms. The van der Waals surface area contributed by atoms with Crippen molar-refractivity contribution < 1.29 is 23.7 Å². The number of aliphatic hydroxyl groups is 1. The maximum atomic E-state index is 11.9. The third kappa shape index (κ3) is 3.42. The van der Waals surface area contributed by atoms with Crippen LogP contribution in [0.5, 0.6) is 0 Å². The molecule has 0 spiro atoms. The van der Waals surface area contributed by atoms with E-state index >= 15 is 0 Å². The number of methoxy groups -OCH3 is 1. The van der Waals surface area contributed by atoms with Crippen molar-refractivity contribution in [3.63, 3.8) is 0 Å². The Hall–Kier alpha value is -1.03. The average molecular weight is 335 g/mol. The maximum Gasteiger partial charge on any atom is 0.372 e. The van der Waals surface area contributed by atoms with Gasteiger partial charge in [0.25, 0.3) is 0 Å². The van der Waals surface area contributed by atoms with Crippen molar-refractivity contribution in [3.05, 3.63) is 22.7 Å². The lowest BCUT2D eigenvalue weighted by molar-refractivity contribution is -0.0624. The van der Waals surface area contributed by atoms with Gasteiger partial charge < -0.3 is 32.6 Å². The van der Waals surface area contributed by atoms with E-state index in [-0.39, 0.29) is 5.82 Å². The Morgan fingerprint density at radius 2 is 2.33 bits per heavy atom. The summed E-state index contributed by atoms with van der Waals surface area (Å²) in [6.45, 7) is -0.406. The van der Waals surface area contributed by atoms with Gasteiger partial charge in [-0.25, -0.2) is 4.79 Å². The fourth-order valence-electron chi connectivity index (χ4n) is 2.18. The van der Waals surface area contributed by atoms with Crippen LogP contribution >= 0.6 is 7.23 Å². The van der Waals surface area contributed by atoms with Gasteiger partial charge >= 0.3 is 12.9 Å². The second-order valence-electron chi connectivity index (χ2n) is 4.28. The van der Waals surface area contributed by atoms with Gasteiger partial charge in [-0.05, 0) is 6.07 Å². The molecule has 0 amide bonds. The fraction of sp³-hybridized carbons (Fsp3) is 0.600. The zero-order valence-electron chi connectivity index (χ0n) is 11.0. The van der Waals surface area contributed by atoms with Crippen LogP contribution in [0.4, 0.5) is 5.82 Å². The molecule has 116 valence electrons. The second kappa shape index (κ2) is 6.82. The van der Waals surface area contributed by atoms with E-state index in [0.29, 0.717) is 0 Å². The first-order valence-electron chi connectivity index (χ1n) is 5.93. The van der Waals surface area contributed by atoms with E-state index in [0.717, 1.165) is 4.57 Å². The summed E-state index contributed by atoms with van der Waals surface area (Å²) in [7, 11) is -0.959. The number of anilines is 1. The Morgan fingerprint density at radius 3 is 2.86 bits per heavy atom. The Labute approximate surface area is 126 Å². The molecular weight excluding hydrogens is 321 g/mol. The van der Waals surface area contributed by atoms with Crippen molar-refractivity contribution in [1.29, 1.82) is 0 Å². The molecular formula is C10H14N3O6PS. The van der Waals surface area contributed by atoms with Gasteiger partial charge in [0.05, 0.1) is 6.61 Å². The Balaban J connectivity index is 2.35. The molecule has 0 aromatic carbocycles. The molecule has 0 aliphatic carbocycles. The highest BCUT2D eigenvalue weighted by molar-refractivity contribution is 8.25. The van der Waals surface area contributed by atoms with Crippen molar-refractivity contribution in [2.75, 3.05) is 19.5 Å². The summed E-state index contributed by atoms with van der Waals surface area (Å²) in [6.07, 6.45) is -1.98. The van der Waals surface area contributed by atoms with Crippen molar-refractivity contribution in [2.24, 2.45) is 0 Å². The zero-order chi connectivity index (χ0) is 15.6. The third-order valence-corrected chi connectivity index (χ3v) is 3.74. The summed E-state index contributed by atoms with van der Waals surface area (Å²) in [5.41, 5.74) is 4.79. The second-order valence-corrected chi connectivity index (χ2v) is 5.84. The summed E-state index contributed by atoms with van der Waals surface area (Å²) < 4.78 is 28.2. The van der Waals surface area contributed by atoms with Gasteiger partial charge in [0.15, 0.2) is 12.3 Å². The fourth-order valence-corrected chi connectivity index (χ4v) is 2.93. The molecule has 2 heterocycles. The lowest BCUT2D eigenvalue weighted by Crippen LogP contribution is -2.38. The minimum Gasteiger partial charge on any atom is -0.408 e. The number of ether oxygens (including phenoxy) is 2. The van der Waals surface area contributed by atoms with Gasteiger partial charge in [-0.2, -0.15) is 9.51 Å². The molecule has 3 N–H and O–H groups in total. The SMILES string of the molecule is COC1C(O[P+](=O)[S-])C(CO)OC1n1ccc(N)nc1=O. The molecule has 1 aliphatic heterocycles. The van der Waals surface area contributed by atoms with E-state index in [1.165, 1.54) is 19.4 Å². The van der Waals surface area contributed by atoms with Gasteiger partial charge in [-0.3, -0.25) is 4.57 Å². The normalized spacial score (nSPS) is 29.6. The van der Waals surface area contributed by atoms with E-state index in [9.17, 15) is 14.5 Å². The Bertz CT molecular complexity index is 584. The van der Waals surface area contributed by atoms with Crippen molar-refractivity contribution >= 4 is 25.3 Å². The van der Waals surface area contributed by atoms with E-state index in [1.807, 2.05) is 0 Å². The van der Waals surface area contributed by atoms with Crippen LogP contribution in [0.15, 0.2) is 17.1 Å². The average Bonchev–Trinajstić information content (AvgIpc) is 2.75. The summed E-state index contributed by atoms with van der Waals surface area (Å²) in [5, 5.41) is 9.33. The zero-order valence-corrected chi connectivity index (χ0v) is 12.7. The molecule has 1 aromatic heterocycles. The van der Waals surface area contributed by atoms with Gasteiger partial charge in [-0.1, -0.05) is 4.57 Å². The minimum atomic E-state index is -2.34. The molecule has 0 saturated carbocycles. The van der Waals surface area contributed by atoms with Gasteiger partial charge in [0.1, 0.15) is 18.0 Å². The van der Waals surface area contributed by atoms with Gasteiger partial charge in [-0.15, -0.1) is 0 Å². The minimum absolute atomic E-state index is 0.0726. The van der Waals surface area contributed by atoms with Crippen molar-refractivity contribution in [2.45, 2.75) is 24.5 Å². The Kier molecular flexibility index (Phi) is 5.31. The summed E-state index contributed by atoms with van der Waals surface area (Å²) >= 11 is 4.51. The van der Waals surface area contributed by atoms with Crippen LogP contribution in [0.1, 0.15) is 6.23 Å². The van der Waals surface area contributed by atoms with E-state index < -0.39 is 44.1 Å².